The summed E-state index contributed by atoms with van der Waals surface area (Å²) in [4.78, 5) is 16.1. The van der Waals surface area contributed by atoms with E-state index in [9.17, 15) is 5.11 Å². The Morgan fingerprint density at radius 3 is 2.61 bits per heavy atom. The van der Waals surface area contributed by atoms with Gasteiger partial charge >= 0.3 is 0 Å². The summed E-state index contributed by atoms with van der Waals surface area (Å²) < 4.78 is 0. The number of aliphatic hydroxyl groups excluding tert-OH is 1. The molecule has 1 aliphatic carbocycles. The Morgan fingerprint density at radius 2 is 2.00 bits per heavy atom. The number of halogens is 1. The van der Waals surface area contributed by atoms with Gasteiger partial charge in [0.1, 0.15) is 16.7 Å². The number of nitrogens with zero attached hydrogens (tertiary/aromatic N) is 4. The van der Waals surface area contributed by atoms with Crippen LogP contribution in [0, 0.1) is 11.3 Å². The predicted molar refractivity (Wildman–Crippen MR) is 111 cm³/mol. The summed E-state index contributed by atoms with van der Waals surface area (Å²) in [5.41, 5.74) is 12.2. The van der Waals surface area contributed by atoms with Gasteiger partial charge in [0.05, 0.1) is 23.5 Å². The minimum Gasteiger partial charge on any atom is -0.393 e. The van der Waals surface area contributed by atoms with Gasteiger partial charge in [-0.05, 0) is 36.7 Å². The quantitative estimate of drug-likeness (QED) is 0.694. The van der Waals surface area contributed by atoms with Crippen LogP contribution in [-0.4, -0.2) is 45.3 Å². The molecule has 0 radical (unpaired) electrons. The number of pyridine rings is 1. The average Bonchev–Trinajstić information content (AvgIpc) is 2.90. The first-order chi connectivity index (χ1) is 13.4. The molecule has 28 heavy (non-hydrogen) atoms. The third-order valence-electron chi connectivity index (χ3n) is 6.29. The average molecular weight is 421 g/mol. The van der Waals surface area contributed by atoms with Crippen LogP contribution in [0.25, 0.3) is 0 Å². The van der Waals surface area contributed by atoms with Crippen molar-refractivity contribution in [1.82, 2.24) is 15.0 Å². The first-order valence-corrected chi connectivity index (χ1v) is 10.7. The molecule has 3 atom stereocenters. The van der Waals surface area contributed by atoms with Crippen LogP contribution in [0.5, 0.6) is 0 Å². The number of aliphatic hydroxyl groups is 1. The Labute approximate surface area is 173 Å². The molecule has 4 rings (SSSR count). The van der Waals surface area contributed by atoms with E-state index in [0.29, 0.717) is 10.8 Å². The van der Waals surface area contributed by atoms with Crippen molar-refractivity contribution in [2.24, 2.45) is 17.1 Å². The molecule has 150 valence electrons. The number of hydrogen-bond donors (Lipinski definition) is 3. The van der Waals surface area contributed by atoms with Crippen molar-refractivity contribution in [3.63, 3.8) is 0 Å². The van der Waals surface area contributed by atoms with Gasteiger partial charge in [-0.2, -0.15) is 0 Å². The standard InChI is InChI=1S/C19H25ClN6OS/c1-11-12(27)8-19(17(11)21)3-6-26(7-4-19)14-9-25-15(10-24-14)28-13-2-5-23-18(22)16(13)20/h2,5,9-12,17,27H,3-4,6-8,21H2,1H3,(H2,22,23)/t11-,12+,17-/m1/s1. The minimum absolute atomic E-state index is 0.0522. The maximum Gasteiger partial charge on any atom is 0.147 e. The van der Waals surface area contributed by atoms with Gasteiger partial charge in [-0.3, -0.25) is 0 Å². The fourth-order valence-electron chi connectivity index (χ4n) is 4.41. The smallest absolute Gasteiger partial charge is 0.147 e. The van der Waals surface area contributed by atoms with E-state index in [1.54, 1.807) is 18.6 Å². The lowest BCUT2D eigenvalue weighted by Gasteiger charge is -2.42. The highest BCUT2D eigenvalue weighted by molar-refractivity contribution is 7.99. The fourth-order valence-corrected chi connectivity index (χ4v) is 5.40. The van der Waals surface area contributed by atoms with E-state index in [4.69, 9.17) is 23.1 Å². The van der Waals surface area contributed by atoms with Crippen molar-refractivity contribution >= 4 is 35.0 Å². The number of nitrogen functional groups attached to an aromatic ring is 1. The van der Waals surface area contributed by atoms with E-state index in [0.717, 1.165) is 48.1 Å². The Bertz CT molecular complexity index is 843. The molecule has 2 aliphatic rings. The SMILES string of the molecule is C[C@H]1[C@@H](N)C2(CCN(c3cnc(Sc4ccnc(N)c4Cl)cn3)CC2)C[C@@H]1O. The van der Waals surface area contributed by atoms with Crippen LogP contribution in [-0.2, 0) is 0 Å². The highest BCUT2D eigenvalue weighted by Crippen LogP contribution is 2.48. The van der Waals surface area contributed by atoms with E-state index in [1.165, 1.54) is 11.8 Å². The maximum absolute atomic E-state index is 10.2. The molecule has 1 saturated carbocycles. The summed E-state index contributed by atoms with van der Waals surface area (Å²) in [7, 11) is 0. The summed E-state index contributed by atoms with van der Waals surface area (Å²) in [5.74, 6) is 1.33. The Hall–Kier alpha value is -1.61. The van der Waals surface area contributed by atoms with Gasteiger partial charge in [0.2, 0.25) is 0 Å². The monoisotopic (exact) mass is 420 g/mol. The molecule has 5 N–H and O–H groups in total. The largest absolute Gasteiger partial charge is 0.393 e. The van der Waals surface area contributed by atoms with Gasteiger partial charge in [-0.15, -0.1) is 0 Å². The van der Waals surface area contributed by atoms with Gasteiger partial charge in [-0.25, -0.2) is 15.0 Å². The number of piperidine rings is 1. The lowest BCUT2D eigenvalue weighted by molar-refractivity contribution is 0.126. The van der Waals surface area contributed by atoms with Gasteiger partial charge < -0.3 is 21.5 Å². The molecular formula is C19H25ClN6OS. The maximum atomic E-state index is 10.2. The zero-order chi connectivity index (χ0) is 19.9. The summed E-state index contributed by atoms with van der Waals surface area (Å²) >= 11 is 7.61. The molecule has 1 saturated heterocycles. The number of nitrogens with two attached hydrogens (primary N) is 2. The van der Waals surface area contributed by atoms with E-state index in [1.807, 2.05) is 6.07 Å². The number of aromatic nitrogens is 3. The fraction of sp³-hybridized carbons (Fsp3) is 0.526. The number of anilines is 2. The molecule has 7 nitrogen and oxygen atoms in total. The molecule has 0 amide bonds. The highest BCUT2D eigenvalue weighted by atomic mass is 35.5. The zero-order valence-corrected chi connectivity index (χ0v) is 17.3. The summed E-state index contributed by atoms with van der Waals surface area (Å²) in [5, 5.41) is 11.4. The molecule has 3 heterocycles. The number of rotatable bonds is 3. The molecule has 1 aliphatic heterocycles. The summed E-state index contributed by atoms with van der Waals surface area (Å²) in [6, 6.07) is 1.87. The van der Waals surface area contributed by atoms with Crippen LogP contribution in [0.3, 0.4) is 0 Å². The van der Waals surface area contributed by atoms with E-state index in [2.05, 4.69) is 26.8 Å². The van der Waals surface area contributed by atoms with Crippen LogP contribution in [0.4, 0.5) is 11.6 Å². The van der Waals surface area contributed by atoms with Crippen molar-refractivity contribution in [2.75, 3.05) is 23.7 Å². The second kappa shape index (κ2) is 7.67. The lowest BCUT2D eigenvalue weighted by atomic mass is 9.73. The zero-order valence-electron chi connectivity index (χ0n) is 15.8. The molecule has 2 aromatic heterocycles. The molecule has 0 bridgehead atoms. The molecular weight excluding hydrogens is 396 g/mol. The molecule has 0 unspecified atom stereocenters. The van der Waals surface area contributed by atoms with Crippen molar-refractivity contribution in [1.29, 1.82) is 0 Å². The van der Waals surface area contributed by atoms with Crippen molar-refractivity contribution in [3.05, 3.63) is 29.7 Å². The molecule has 2 fully saturated rings. The third-order valence-corrected chi connectivity index (χ3v) is 7.78. The van der Waals surface area contributed by atoms with Crippen molar-refractivity contribution in [2.45, 2.75) is 48.3 Å². The van der Waals surface area contributed by atoms with Gasteiger partial charge in [0, 0.05) is 30.2 Å². The molecule has 9 heteroatoms. The van der Waals surface area contributed by atoms with Crippen molar-refractivity contribution in [3.8, 4) is 0 Å². The highest BCUT2D eigenvalue weighted by Gasteiger charge is 2.50. The molecule has 2 aromatic rings. The molecule has 1 spiro atoms. The van der Waals surface area contributed by atoms with Crippen LogP contribution in [0.1, 0.15) is 26.2 Å². The van der Waals surface area contributed by atoms with E-state index in [-0.39, 0.29) is 23.5 Å². The lowest BCUT2D eigenvalue weighted by Crippen LogP contribution is -2.48. The third kappa shape index (κ3) is 3.54. The normalized spacial score (nSPS) is 26.7. The number of hydrogen-bond acceptors (Lipinski definition) is 8. The topological polar surface area (TPSA) is 114 Å². The Balaban J connectivity index is 1.41. The van der Waals surface area contributed by atoms with Crippen LogP contribution in [0.2, 0.25) is 5.02 Å². The van der Waals surface area contributed by atoms with E-state index >= 15 is 0 Å². The van der Waals surface area contributed by atoms with Crippen LogP contribution < -0.4 is 16.4 Å². The van der Waals surface area contributed by atoms with Gasteiger partial charge in [-0.1, -0.05) is 30.3 Å². The molecule has 0 aromatic carbocycles. The Kier molecular flexibility index (Phi) is 5.39. The van der Waals surface area contributed by atoms with Crippen LogP contribution >= 0.6 is 23.4 Å². The second-order valence-corrected chi connectivity index (χ2v) is 9.27. The predicted octanol–water partition coefficient (Wildman–Crippen LogP) is 2.57. The Morgan fingerprint density at radius 1 is 1.25 bits per heavy atom. The summed E-state index contributed by atoms with van der Waals surface area (Å²) in [6.45, 7) is 3.81. The first kappa shape index (κ1) is 19.7. The van der Waals surface area contributed by atoms with E-state index < -0.39 is 0 Å². The first-order valence-electron chi connectivity index (χ1n) is 9.48. The van der Waals surface area contributed by atoms with Crippen molar-refractivity contribution < 1.29 is 5.11 Å². The van der Waals surface area contributed by atoms with Crippen LogP contribution in [0.15, 0.2) is 34.6 Å². The van der Waals surface area contributed by atoms with Gasteiger partial charge in [0.15, 0.2) is 0 Å². The minimum atomic E-state index is -0.285. The van der Waals surface area contributed by atoms with Gasteiger partial charge in [0.25, 0.3) is 0 Å². The summed E-state index contributed by atoms with van der Waals surface area (Å²) in [6.07, 6.45) is 7.64. The second-order valence-electron chi connectivity index (χ2n) is 7.83.